The van der Waals surface area contributed by atoms with Crippen molar-refractivity contribution in [1.82, 2.24) is 0 Å². The lowest BCUT2D eigenvalue weighted by atomic mass is 9.65. The number of hydrogen-bond donors (Lipinski definition) is 0. The zero-order chi connectivity index (χ0) is 13.0. The lowest BCUT2D eigenvalue weighted by molar-refractivity contribution is 0.206. The quantitative estimate of drug-likeness (QED) is 0.650. The fraction of sp³-hybridized carbons (Fsp3) is 0.688. The predicted octanol–water partition coefficient (Wildman–Crippen LogP) is 4.92. The van der Waals surface area contributed by atoms with Crippen molar-refractivity contribution >= 4 is 0 Å². The second kappa shape index (κ2) is 5.69. The van der Waals surface area contributed by atoms with Gasteiger partial charge in [-0.3, -0.25) is 0 Å². The van der Waals surface area contributed by atoms with E-state index in [1.54, 1.807) is 6.08 Å². The molecule has 0 aliphatic heterocycles. The topological polar surface area (TPSA) is 23.8 Å². The molecule has 1 atom stereocenters. The molecule has 0 saturated heterocycles. The smallest absolute Gasteiger partial charge is 0.102 e. The Morgan fingerprint density at radius 1 is 1.39 bits per heavy atom. The average molecular weight is 247 g/mol. The Morgan fingerprint density at radius 3 is 2.67 bits per heavy atom. The first-order valence-corrected chi connectivity index (χ1v) is 7.16. The Labute approximate surface area is 109 Å². The van der Waals surface area contributed by atoms with E-state index in [0.717, 1.165) is 18.8 Å². The van der Waals surface area contributed by atoms with E-state index < -0.39 is 5.41 Å². The van der Waals surface area contributed by atoms with E-state index in [1.165, 1.54) is 25.7 Å². The van der Waals surface area contributed by atoms with E-state index in [1.807, 2.05) is 12.2 Å². The van der Waals surface area contributed by atoms with Gasteiger partial charge in [-0.25, -0.2) is 4.39 Å². The largest absolute Gasteiger partial charge is 0.212 e. The number of halogens is 1. The van der Waals surface area contributed by atoms with Crippen LogP contribution in [0.1, 0.15) is 51.9 Å². The van der Waals surface area contributed by atoms with Crippen LogP contribution in [-0.4, -0.2) is 0 Å². The second-order valence-corrected chi connectivity index (χ2v) is 5.75. The van der Waals surface area contributed by atoms with Crippen LogP contribution < -0.4 is 0 Å². The van der Waals surface area contributed by atoms with Crippen molar-refractivity contribution in [1.29, 1.82) is 5.26 Å². The van der Waals surface area contributed by atoms with Crippen LogP contribution in [0.15, 0.2) is 24.1 Å². The highest BCUT2D eigenvalue weighted by Gasteiger charge is 2.38. The molecule has 0 aromatic heterocycles. The van der Waals surface area contributed by atoms with Crippen LogP contribution in [0.5, 0.6) is 0 Å². The molecule has 2 heteroatoms. The molecule has 0 aromatic rings. The highest BCUT2D eigenvalue weighted by atomic mass is 19.1. The summed E-state index contributed by atoms with van der Waals surface area (Å²) in [5.74, 6) is 0.982. The SMILES string of the molecule is CCCC1CCC(C2(C#N)C=CCC(F)=C2)CC1. The molecule has 0 N–H and O–H groups in total. The van der Waals surface area contributed by atoms with Gasteiger partial charge >= 0.3 is 0 Å². The summed E-state index contributed by atoms with van der Waals surface area (Å²) < 4.78 is 13.5. The van der Waals surface area contributed by atoms with Gasteiger partial charge in [0.2, 0.25) is 0 Å². The molecule has 98 valence electrons. The third-order valence-electron chi connectivity index (χ3n) is 4.51. The molecular weight excluding hydrogens is 225 g/mol. The average Bonchev–Trinajstić information content (AvgIpc) is 2.40. The highest BCUT2D eigenvalue weighted by Crippen LogP contribution is 2.45. The Kier molecular flexibility index (Phi) is 4.22. The van der Waals surface area contributed by atoms with Gasteiger partial charge in [0.05, 0.1) is 11.5 Å². The summed E-state index contributed by atoms with van der Waals surface area (Å²) in [7, 11) is 0. The Balaban J connectivity index is 2.05. The van der Waals surface area contributed by atoms with E-state index in [0.29, 0.717) is 12.3 Å². The van der Waals surface area contributed by atoms with Gasteiger partial charge in [-0.15, -0.1) is 0 Å². The minimum Gasteiger partial charge on any atom is -0.212 e. The molecule has 0 aromatic carbocycles. The zero-order valence-electron chi connectivity index (χ0n) is 11.2. The van der Waals surface area contributed by atoms with Gasteiger partial charge in [0, 0.05) is 6.42 Å². The Bertz CT molecular complexity index is 382. The maximum Gasteiger partial charge on any atom is 0.102 e. The van der Waals surface area contributed by atoms with Gasteiger partial charge in [-0.2, -0.15) is 5.26 Å². The van der Waals surface area contributed by atoms with Gasteiger partial charge in [0.15, 0.2) is 0 Å². The predicted molar refractivity (Wildman–Crippen MR) is 71.4 cm³/mol. The van der Waals surface area contributed by atoms with Crippen molar-refractivity contribution in [3.8, 4) is 6.07 Å². The third kappa shape index (κ3) is 2.66. The molecule has 1 nitrogen and oxygen atoms in total. The summed E-state index contributed by atoms with van der Waals surface area (Å²) in [4.78, 5) is 0. The summed E-state index contributed by atoms with van der Waals surface area (Å²) in [5, 5.41) is 9.47. The summed E-state index contributed by atoms with van der Waals surface area (Å²) >= 11 is 0. The molecule has 0 bridgehead atoms. The summed E-state index contributed by atoms with van der Waals surface area (Å²) in [6.45, 7) is 2.23. The van der Waals surface area contributed by atoms with E-state index in [2.05, 4.69) is 13.0 Å². The number of nitrogens with zero attached hydrogens (tertiary/aromatic N) is 1. The van der Waals surface area contributed by atoms with Crippen LogP contribution in [0.25, 0.3) is 0 Å². The number of allylic oxidation sites excluding steroid dienone is 4. The minimum atomic E-state index is -0.667. The maximum absolute atomic E-state index is 13.5. The molecule has 0 amide bonds. The standard InChI is InChI=1S/C16H22FN/c1-2-4-13-6-8-14(9-7-13)16(12-18)10-3-5-15(17)11-16/h3,10-11,13-14H,2,4-9H2,1H3. The van der Waals surface area contributed by atoms with Crippen LogP contribution in [0.4, 0.5) is 4.39 Å². The molecule has 0 heterocycles. The molecule has 0 radical (unpaired) electrons. The fourth-order valence-electron chi connectivity index (χ4n) is 3.48. The Hall–Kier alpha value is -1.10. The Morgan fingerprint density at radius 2 is 2.11 bits per heavy atom. The first-order valence-electron chi connectivity index (χ1n) is 7.16. The van der Waals surface area contributed by atoms with Gasteiger partial charge < -0.3 is 0 Å². The van der Waals surface area contributed by atoms with Crippen LogP contribution in [-0.2, 0) is 0 Å². The van der Waals surface area contributed by atoms with E-state index in [9.17, 15) is 9.65 Å². The van der Waals surface area contributed by atoms with Crippen LogP contribution in [0.3, 0.4) is 0 Å². The fourth-order valence-corrected chi connectivity index (χ4v) is 3.48. The lowest BCUT2D eigenvalue weighted by Gasteiger charge is -2.37. The van der Waals surface area contributed by atoms with E-state index in [4.69, 9.17) is 0 Å². The molecule has 2 rings (SSSR count). The van der Waals surface area contributed by atoms with Crippen molar-refractivity contribution in [3.63, 3.8) is 0 Å². The minimum absolute atomic E-state index is 0.144. The third-order valence-corrected chi connectivity index (χ3v) is 4.51. The van der Waals surface area contributed by atoms with Crippen LogP contribution in [0.2, 0.25) is 0 Å². The van der Waals surface area contributed by atoms with Crippen molar-refractivity contribution in [2.24, 2.45) is 17.3 Å². The normalized spacial score (nSPS) is 35.9. The monoisotopic (exact) mass is 247 g/mol. The molecular formula is C16H22FN. The summed E-state index contributed by atoms with van der Waals surface area (Å²) in [6.07, 6.45) is 12.7. The van der Waals surface area contributed by atoms with Crippen molar-refractivity contribution in [3.05, 3.63) is 24.1 Å². The number of rotatable bonds is 3. The molecule has 2 aliphatic rings. The highest BCUT2D eigenvalue weighted by molar-refractivity contribution is 5.30. The van der Waals surface area contributed by atoms with Crippen LogP contribution >= 0.6 is 0 Å². The van der Waals surface area contributed by atoms with Crippen molar-refractivity contribution in [2.75, 3.05) is 0 Å². The molecule has 1 saturated carbocycles. The van der Waals surface area contributed by atoms with Crippen molar-refractivity contribution < 1.29 is 4.39 Å². The van der Waals surface area contributed by atoms with E-state index in [-0.39, 0.29) is 5.83 Å². The molecule has 1 unspecified atom stereocenters. The molecule has 18 heavy (non-hydrogen) atoms. The van der Waals surface area contributed by atoms with E-state index >= 15 is 0 Å². The van der Waals surface area contributed by atoms with Gasteiger partial charge in [0.25, 0.3) is 0 Å². The number of nitriles is 1. The van der Waals surface area contributed by atoms with Gasteiger partial charge in [0.1, 0.15) is 5.83 Å². The first-order chi connectivity index (χ1) is 8.70. The van der Waals surface area contributed by atoms with Gasteiger partial charge in [-0.1, -0.05) is 44.8 Å². The maximum atomic E-state index is 13.5. The second-order valence-electron chi connectivity index (χ2n) is 5.75. The first kappa shape index (κ1) is 13.3. The number of hydrogen-bond acceptors (Lipinski definition) is 1. The van der Waals surface area contributed by atoms with Crippen molar-refractivity contribution in [2.45, 2.75) is 51.9 Å². The molecule has 0 spiro atoms. The lowest BCUT2D eigenvalue weighted by Crippen LogP contribution is -2.30. The zero-order valence-corrected chi connectivity index (χ0v) is 11.2. The molecule has 2 aliphatic carbocycles. The van der Waals surface area contributed by atoms with Crippen LogP contribution in [0, 0.1) is 28.6 Å². The summed E-state index contributed by atoms with van der Waals surface area (Å²) in [5.41, 5.74) is -0.667. The van der Waals surface area contributed by atoms with Gasteiger partial charge in [-0.05, 0) is 30.8 Å². The summed E-state index contributed by atoms with van der Waals surface area (Å²) in [6, 6.07) is 2.36. The molecule has 1 fully saturated rings.